The molecule has 0 unspecified atom stereocenters. The summed E-state index contributed by atoms with van der Waals surface area (Å²) in [5, 5.41) is 15.3. The van der Waals surface area contributed by atoms with Crippen LogP contribution in [0.3, 0.4) is 0 Å². The van der Waals surface area contributed by atoms with Gasteiger partial charge in [-0.3, -0.25) is 10.1 Å². The van der Waals surface area contributed by atoms with Gasteiger partial charge in [0.15, 0.2) is 0 Å². The summed E-state index contributed by atoms with van der Waals surface area (Å²) >= 11 is 0. The van der Waals surface area contributed by atoms with Gasteiger partial charge in [-0.2, -0.15) is 0 Å². The lowest BCUT2D eigenvalue weighted by Crippen LogP contribution is -2.09. The van der Waals surface area contributed by atoms with Gasteiger partial charge in [-0.1, -0.05) is 17.3 Å². The predicted molar refractivity (Wildman–Crippen MR) is 80.6 cm³/mol. The fraction of sp³-hybridized carbons (Fsp3) is 0.154. The standard InChI is InChI=1S/C13H13N3O5S/c1-9-10(2)14-21-13(9)15-22(19,20)8-7-11-5-3-4-6-12(11)16(17)18/h3-8,15H,1-2H3. The molecule has 9 heteroatoms. The summed E-state index contributed by atoms with van der Waals surface area (Å²) in [5.41, 5.74) is 1.15. The van der Waals surface area contributed by atoms with Gasteiger partial charge in [-0.05, 0) is 26.0 Å². The molecule has 0 atom stereocenters. The van der Waals surface area contributed by atoms with Crippen molar-refractivity contribution in [3.63, 3.8) is 0 Å². The molecule has 0 aliphatic heterocycles. The maximum absolute atomic E-state index is 12.0. The van der Waals surface area contributed by atoms with E-state index < -0.39 is 14.9 Å². The summed E-state index contributed by atoms with van der Waals surface area (Å²) < 4.78 is 31.0. The van der Waals surface area contributed by atoms with Crippen LogP contribution in [0.2, 0.25) is 0 Å². The number of hydrogen-bond acceptors (Lipinski definition) is 6. The van der Waals surface area contributed by atoms with Gasteiger partial charge in [0.2, 0.25) is 5.88 Å². The van der Waals surface area contributed by atoms with E-state index in [0.717, 1.165) is 11.5 Å². The molecule has 2 aromatic rings. The number of rotatable bonds is 5. The van der Waals surface area contributed by atoms with Crippen LogP contribution in [0.1, 0.15) is 16.8 Å². The van der Waals surface area contributed by atoms with E-state index in [2.05, 4.69) is 9.88 Å². The van der Waals surface area contributed by atoms with Crippen molar-refractivity contribution in [1.29, 1.82) is 0 Å². The van der Waals surface area contributed by atoms with Crippen molar-refractivity contribution >= 4 is 27.7 Å². The van der Waals surface area contributed by atoms with Gasteiger partial charge in [-0.25, -0.2) is 13.1 Å². The van der Waals surface area contributed by atoms with Crippen molar-refractivity contribution in [3.05, 3.63) is 56.6 Å². The molecule has 2 rings (SSSR count). The van der Waals surface area contributed by atoms with Gasteiger partial charge in [-0.15, -0.1) is 0 Å². The van der Waals surface area contributed by atoms with Crippen molar-refractivity contribution in [1.82, 2.24) is 5.16 Å². The number of nitro benzene ring substituents is 1. The van der Waals surface area contributed by atoms with Gasteiger partial charge >= 0.3 is 0 Å². The van der Waals surface area contributed by atoms with Crippen molar-refractivity contribution in [2.24, 2.45) is 0 Å². The highest BCUT2D eigenvalue weighted by molar-refractivity contribution is 7.95. The van der Waals surface area contributed by atoms with Crippen LogP contribution in [0.4, 0.5) is 11.6 Å². The zero-order chi connectivity index (χ0) is 16.3. The van der Waals surface area contributed by atoms with Crippen molar-refractivity contribution in [2.45, 2.75) is 13.8 Å². The monoisotopic (exact) mass is 323 g/mol. The van der Waals surface area contributed by atoms with Crippen LogP contribution in [0.25, 0.3) is 6.08 Å². The third-order valence-corrected chi connectivity index (χ3v) is 3.92. The first-order chi connectivity index (χ1) is 10.3. The zero-order valence-corrected chi connectivity index (χ0v) is 12.6. The first kappa shape index (κ1) is 15.7. The number of benzene rings is 1. The number of aryl methyl sites for hydroxylation is 1. The van der Waals surface area contributed by atoms with Crippen LogP contribution in [0, 0.1) is 24.0 Å². The van der Waals surface area contributed by atoms with E-state index in [1.807, 2.05) is 0 Å². The summed E-state index contributed by atoms with van der Waals surface area (Å²) in [5.74, 6) is 0.0183. The molecule has 0 fully saturated rings. The molecule has 0 saturated heterocycles. The topological polar surface area (TPSA) is 115 Å². The van der Waals surface area contributed by atoms with E-state index in [1.54, 1.807) is 19.9 Å². The van der Waals surface area contributed by atoms with Gasteiger partial charge in [0.05, 0.1) is 21.6 Å². The van der Waals surface area contributed by atoms with Gasteiger partial charge < -0.3 is 4.52 Å². The summed E-state index contributed by atoms with van der Waals surface area (Å²) in [6.07, 6.45) is 1.15. The Kier molecular flexibility index (Phi) is 4.27. The third-order valence-electron chi connectivity index (χ3n) is 2.95. The smallest absolute Gasteiger partial charge is 0.276 e. The average molecular weight is 323 g/mol. The summed E-state index contributed by atoms with van der Waals surface area (Å²) in [7, 11) is -3.87. The van der Waals surface area contributed by atoms with E-state index >= 15 is 0 Å². The molecule has 0 amide bonds. The van der Waals surface area contributed by atoms with Crippen LogP contribution in [-0.2, 0) is 10.0 Å². The number of aromatic nitrogens is 1. The van der Waals surface area contributed by atoms with E-state index in [4.69, 9.17) is 4.52 Å². The number of nitrogens with zero attached hydrogens (tertiary/aromatic N) is 2. The molecule has 0 aliphatic carbocycles. The molecule has 1 aromatic heterocycles. The number of para-hydroxylation sites is 1. The number of sulfonamides is 1. The van der Waals surface area contributed by atoms with Crippen LogP contribution < -0.4 is 4.72 Å². The molecule has 22 heavy (non-hydrogen) atoms. The fourth-order valence-corrected chi connectivity index (χ4v) is 2.47. The molecule has 0 radical (unpaired) electrons. The molecular formula is C13H13N3O5S. The molecule has 0 bridgehead atoms. The number of nitrogens with one attached hydrogen (secondary N) is 1. The summed E-state index contributed by atoms with van der Waals surface area (Å²) in [6.45, 7) is 3.34. The number of anilines is 1. The average Bonchev–Trinajstić information content (AvgIpc) is 2.77. The highest BCUT2D eigenvalue weighted by atomic mass is 32.2. The quantitative estimate of drug-likeness (QED) is 0.668. The van der Waals surface area contributed by atoms with Crippen molar-refractivity contribution < 1.29 is 17.9 Å². The Labute approximate surface area is 126 Å². The Morgan fingerprint density at radius 3 is 2.59 bits per heavy atom. The van der Waals surface area contributed by atoms with E-state index in [1.165, 1.54) is 18.2 Å². The second-order valence-electron chi connectivity index (χ2n) is 4.49. The minimum atomic E-state index is -3.87. The Bertz CT molecular complexity index is 839. The Balaban J connectivity index is 2.26. The molecule has 1 N–H and O–H groups in total. The lowest BCUT2D eigenvalue weighted by Gasteiger charge is -2.01. The summed E-state index contributed by atoms with van der Waals surface area (Å²) in [4.78, 5) is 10.3. The zero-order valence-electron chi connectivity index (χ0n) is 11.8. The minimum Gasteiger partial charge on any atom is -0.337 e. The highest BCUT2D eigenvalue weighted by Gasteiger charge is 2.15. The van der Waals surface area contributed by atoms with Gasteiger partial charge in [0, 0.05) is 11.6 Å². The first-order valence-electron chi connectivity index (χ1n) is 6.17. The number of hydrogen-bond donors (Lipinski definition) is 1. The molecule has 0 saturated carbocycles. The molecular weight excluding hydrogens is 310 g/mol. The maximum atomic E-state index is 12.0. The predicted octanol–water partition coefficient (Wildman–Crippen LogP) is 2.61. The van der Waals surface area contributed by atoms with Crippen LogP contribution in [0.5, 0.6) is 0 Å². The molecule has 1 aromatic carbocycles. The number of nitro groups is 1. The molecule has 0 spiro atoms. The van der Waals surface area contributed by atoms with Crippen LogP contribution in [-0.4, -0.2) is 18.5 Å². The normalized spacial score (nSPS) is 11.7. The maximum Gasteiger partial charge on any atom is 0.276 e. The Morgan fingerprint density at radius 1 is 1.32 bits per heavy atom. The van der Waals surface area contributed by atoms with E-state index in [0.29, 0.717) is 11.3 Å². The second kappa shape index (κ2) is 5.98. The SMILES string of the molecule is Cc1noc(NS(=O)(=O)C=Cc2ccccc2[N+](=O)[O-])c1C. The first-order valence-corrected chi connectivity index (χ1v) is 7.72. The van der Waals surface area contributed by atoms with Gasteiger partial charge in [0.1, 0.15) is 0 Å². The largest absolute Gasteiger partial charge is 0.337 e. The lowest BCUT2D eigenvalue weighted by molar-refractivity contribution is -0.385. The second-order valence-corrected chi connectivity index (χ2v) is 6.05. The third kappa shape index (κ3) is 3.50. The molecule has 0 aliphatic rings. The van der Waals surface area contributed by atoms with Crippen LogP contribution in [0.15, 0.2) is 34.2 Å². The fourth-order valence-electron chi connectivity index (χ4n) is 1.63. The lowest BCUT2D eigenvalue weighted by atomic mass is 10.2. The highest BCUT2D eigenvalue weighted by Crippen LogP contribution is 2.21. The Morgan fingerprint density at radius 2 is 2.00 bits per heavy atom. The van der Waals surface area contributed by atoms with Crippen molar-refractivity contribution in [3.8, 4) is 0 Å². The van der Waals surface area contributed by atoms with Crippen molar-refractivity contribution in [2.75, 3.05) is 4.72 Å². The van der Waals surface area contributed by atoms with Gasteiger partial charge in [0.25, 0.3) is 15.7 Å². The summed E-state index contributed by atoms with van der Waals surface area (Å²) in [6, 6.07) is 5.83. The Hall–Kier alpha value is -2.68. The molecule has 8 nitrogen and oxygen atoms in total. The minimum absolute atomic E-state index is 0.0183. The van der Waals surface area contributed by atoms with E-state index in [-0.39, 0.29) is 17.1 Å². The van der Waals surface area contributed by atoms with Crippen LogP contribution >= 0.6 is 0 Å². The van der Waals surface area contributed by atoms with E-state index in [9.17, 15) is 18.5 Å². The molecule has 116 valence electrons. The molecule has 1 heterocycles.